The van der Waals surface area contributed by atoms with E-state index in [1.54, 1.807) is 0 Å². The van der Waals surface area contributed by atoms with Crippen LogP contribution in [0.4, 0.5) is 0 Å². The Balaban J connectivity index is 1.90. The SMILES string of the molecule is ON=C(C1CC1)C1Cc2ccccc21. The molecule has 1 unspecified atom stereocenters. The van der Waals surface area contributed by atoms with Gasteiger partial charge in [0, 0.05) is 11.8 Å². The number of hydrogen-bond acceptors (Lipinski definition) is 2. The highest BCUT2D eigenvalue weighted by molar-refractivity contribution is 5.96. The molecule has 2 heteroatoms. The minimum Gasteiger partial charge on any atom is -0.411 e. The lowest BCUT2D eigenvalue weighted by Crippen LogP contribution is -2.26. The molecule has 1 fully saturated rings. The van der Waals surface area contributed by atoms with E-state index in [1.165, 1.54) is 24.0 Å². The van der Waals surface area contributed by atoms with E-state index in [4.69, 9.17) is 5.21 Å². The summed E-state index contributed by atoms with van der Waals surface area (Å²) in [5.41, 5.74) is 3.80. The maximum atomic E-state index is 8.99. The second-order valence-corrected chi connectivity index (χ2v) is 4.25. The van der Waals surface area contributed by atoms with Gasteiger partial charge in [-0.1, -0.05) is 29.4 Å². The molecule has 1 atom stereocenters. The Morgan fingerprint density at radius 2 is 2.07 bits per heavy atom. The maximum absolute atomic E-state index is 8.99. The highest BCUT2D eigenvalue weighted by Gasteiger charge is 2.38. The number of hydrogen-bond donors (Lipinski definition) is 1. The Labute approximate surface area is 83.3 Å². The summed E-state index contributed by atoms with van der Waals surface area (Å²) >= 11 is 0. The van der Waals surface area contributed by atoms with E-state index in [9.17, 15) is 0 Å². The molecule has 72 valence electrons. The van der Waals surface area contributed by atoms with E-state index in [0.717, 1.165) is 12.1 Å². The smallest absolute Gasteiger partial charge is 0.0679 e. The first kappa shape index (κ1) is 8.04. The van der Waals surface area contributed by atoms with Gasteiger partial charge >= 0.3 is 0 Å². The van der Waals surface area contributed by atoms with Crippen molar-refractivity contribution in [3.8, 4) is 0 Å². The van der Waals surface area contributed by atoms with E-state index in [0.29, 0.717) is 11.8 Å². The minimum absolute atomic E-state index is 0.406. The molecule has 0 aromatic heterocycles. The molecule has 0 bridgehead atoms. The first-order valence-electron chi connectivity index (χ1n) is 5.20. The summed E-state index contributed by atoms with van der Waals surface area (Å²) in [5.74, 6) is 0.974. The average Bonchev–Trinajstić information content (AvgIpc) is 2.98. The van der Waals surface area contributed by atoms with Crippen molar-refractivity contribution in [2.75, 3.05) is 0 Å². The van der Waals surface area contributed by atoms with Crippen LogP contribution in [-0.4, -0.2) is 10.9 Å². The third-order valence-corrected chi connectivity index (χ3v) is 3.32. The zero-order chi connectivity index (χ0) is 9.54. The second kappa shape index (κ2) is 2.84. The second-order valence-electron chi connectivity index (χ2n) is 4.25. The van der Waals surface area contributed by atoms with E-state index >= 15 is 0 Å². The first-order chi connectivity index (χ1) is 6.90. The molecule has 0 spiro atoms. The fourth-order valence-corrected chi connectivity index (χ4v) is 2.34. The van der Waals surface area contributed by atoms with Crippen molar-refractivity contribution in [1.82, 2.24) is 0 Å². The average molecular weight is 187 g/mol. The largest absolute Gasteiger partial charge is 0.411 e. The van der Waals surface area contributed by atoms with E-state index in [-0.39, 0.29) is 0 Å². The lowest BCUT2D eigenvalue weighted by atomic mass is 9.74. The van der Waals surface area contributed by atoms with Crippen LogP contribution in [0.15, 0.2) is 29.4 Å². The summed E-state index contributed by atoms with van der Waals surface area (Å²) in [5, 5.41) is 12.5. The summed E-state index contributed by atoms with van der Waals surface area (Å²) in [6.45, 7) is 0. The lowest BCUT2D eigenvalue weighted by Gasteiger charge is -2.30. The molecule has 0 amide bonds. The van der Waals surface area contributed by atoms with Crippen molar-refractivity contribution < 1.29 is 5.21 Å². The van der Waals surface area contributed by atoms with Gasteiger partial charge in [0.1, 0.15) is 0 Å². The Hall–Kier alpha value is -1.31. The molecular weight excluding hydrogens is 174 g/mol. The summed E-state index contributed by atoms with van der Waals surface area (Å²) in [7, 11) is 0. The van der Waals surface area contributed by atoms with Crippen molar-refractivity contribution in [2.45, 2.75) is 25.2 Å². The molecule has 0 heterocycles. The van der Waals surface area contributed by atoms with Crippen molar-refractivity contribution in [1.29, 1.82) is 0 Å². The van der Waals surface area contributed by atoms with Gasteiger partial charge in [-0.25, -0.2) is 0 Å². The molecule has 1 aromatic rings. The summed E-state index contributed by atoms with van der Waals surface area (Å²) in [6.07, 6.45) is 3.47. The van der Waals surface area contributed by atoms with Crippen LogP contribution < -0.4 is 0 Å². The Bertz CT molecular complexity index is 393. The van der Waals surface area contributed by atoms with Crippen LogP contribution in [0, 0.1) is 5.92 Å². The molecule has 0 aliphatic heterocycles. The van der Waals surface area contributed by atoms with E-state index in [2.05, 4.69) is 29.4 Å². The van der Waals surface area contributed by atoms with Gasteiger partial charge in [-0.15, -0.1) is 0 Å². The van der Waals surface area contributed by atoms with Crippen molar-refractivity contribution >= 4 is 5.71 Å². The molecule has 2 aliphatic carbocycles. The maximum Gasteiger partial charge on any atom is 0.0679 e. The van der Waals surface area contributed by atoms with Gasteiger partial charge in [0.15, 0.2) is 0 Å². The van der Waals surface area contributed by atoms with Crippen LogP contribution in [0.3, 0.4) is 0 Å². The summed E-state index contributed by atoms with van der Waals surface area (Å²) in [6, 6.07) is 8.44. The summed E-state index contributed by atoms with van der Waals surface area (Å²) in [4.78, 5) is 0. The van der Waals surface area contributed by atoms with Crippen LogP contribution in [0.1, 0.15) is 29.9 Å². The van der Waals surface area contributed by atoms with Crippen LogP contribution in [-0.2, 0) is 6.42 Å². The molecule has 14 heavy (non-hydrogen) atoms. The Morgan fingerprint density at radius 1 is 1.29 bits per heavy atom. The topological polar surface area (TPSA) is 32.6 Å². The molecule has 1 saturated carbocycles. The lowest BCUT2D eigenvalue weighted by molar-refractivity contribution is 0.313. The fourth-order valence-electron chi connectivity index (χ4n) is 2.34. The number of nitrogens with zero attached hydrogens (tertiary/aromatic N) is 1. The van der Waals surface area contributed by atoms with Crippen molar-refractivity contribution in [2.24, 2.45) is 11.1 Å². The van der Waals surface area contributed by atoms with Gasteiger partial charge in [0.05, 0.1) is 5.71 Å². The predicted octanol–water partition coefficient (Wildman–Crippen LogP) is 2.57. The zero-order valence-corrected chi connectivity index (χ0v) is 7.98. The van der Waals surface area contributed by atoms with Gasteiger partial charge in [-0.2, -0.15) is 0 Å². The van der Waals surface area contributed by atoms with E-state index in [1.807, 2.05) is 0 Å². The first-order valence-corrected chi connectivity index (χ1v) is 5.20. The third-order valence-electron chi connectivity index (χ3n) is 3.32. The van der Waals surface area contributed by atoms with Gasteiger partial charge in [0.2, 0.25) is 0 Å². The zero-order valence-electron chi connectivity index (χ0n) is 7.98. The fraction of sp³-hybridized carbons (Fsp3) is 0.417. The van der Waals surface area contributed by atoms with Crippen molar-refractivity contribution in [3.05, 3.63) is 35.4 Å². The van der Waals surface area contributed by atoms with Gasteiger partial charge in [-0.05, 0) is 30.4 Å². The molecule has 0 saturated heterocycles. The minimum atomic E-state index is 0.406. The van der Waals surface area contributed by atoms with Gasteiger partial charge in [0.25, 0.3) is 0 Å². The van der Waals surface area contributed by atoms with Gasteiger partial charge in [-0.3, -0.25) is 0 Å². The predicted molar refractivity (Wildman–Crippen MR) is 54.8 cm³/mol. The molecule has 1 aromatic carbocycles. The molecule has 2 nitrogen and oxygen atoms in total. The third kappa shape index (κ3) is 1.07. The molecular formula is C12H13NO. The van der Waals surface area contributed by atoms with Crippen LogP contribution in [0.25, 0.3) is 0 Å². The van der Waals surface area contributed by atoms with Crippen LogP contribution >= 0.6 is 0 Å². The summed E-state index contributed by atoms with van der Waals surface area (Å²) < 4.78 is 0. The standard InChI is InChI=1S/C12H13NO/c14-13-12(8-5-6-8)11-7-9-3-1-2-4-10(9)11/h1-4,8,11,14H,5-7H2. The van der Waals surface area contributed by atoms with Crippen molar-refractivity contribution in [3.63, 3.8) is 0 Å². The molecule has 3 rings (SSSR count). The monoisotopic (exact) mass is 187 g/mol. The quantitative estimate of drug-likeness (QED) is 0.431. The van der Waals surface area contributed by atoms with Crippen LogP contribution in [0.5, 0.6) is 0 Å². The van der Waals surface area contributed by atoms with E-state index < -0.39 is 0 Å². The Morgan fingerprint density at radius 3 is 2.71 bits per heavy atom. The Kier molecular flexibility index (Phi) is 1.63. The number of benzene rings is 1. The molecule has 0 radical (unpaired) electrons. The van der Waals surface area contributed by atoms with Crippen LogP contribution in [0.2, 0.25) is 0 Å². The van der Waals surface area contributed by atoms with Gasteiger partial charge < -0.3 is 5.21 Å². The normalized spacial score (nSPS) is 25.4. The highest BCUT2D eigenvalue weighted by atomic mass is 16.4. The highest BCUT2D eigenvalue weighted by Crippen LogP contribution is 2.43. The number of oxime groups is 1. The molecule has 1 N–H and O–H groups in total. The molecule has 2 aliphatic rings. The number of rotatable bonds is 2. The number of fused-ring (bicyclic) bond motifs is 1.